The maximum atomic E-state index is 13.3. The van der Waals surface area contributed by atoms with Crippen molar-refractivity contribution in [1.82, 2.24) is 10.2 Å². The van der Waals surface area contributed by atoms with Crippen molar-refractivity contribution in [3.8, 4) is 0 Å². The van der Waals surface area contributed by atoms with Crippen LogP contribution in [0, 0.1) is 0 Å². The fraction of sp³-hybridized carbons (Fsp3) is 0.364. The molecule has 0 saturated carbocycles. The van der Waals surface area contributed by atoms with Crippen molar-refractivity contribution in [2.24, 2.45) is 0 Å². The van der Waals surface area contributed by atoms with Gasteiger partial charge in [0.05, 0.1) is 17.5 Å². The number of carbonyl (C=O) groups excluding carboxylic acids is 2. The molecule has 1 N–H and O–H groups in total. The van der Waals surface area contributed by atoms with E-state index in [1.165, 1.54) is 18.0 Å². The molecule has 0 aliphatic carbocycles. The first kappa shape index (κ1) is 27.5. The predicted molar refractivity (Wildman–Crippen MR) is 124 cm³/mol. The van der Waals surface area contributed by atoms with E-state index in [2.05, 4.69) is 5.32 Å². The van der Waals surface area contributed by atoms with Crippen LogP contribution in [-0.2, 0) is 32.3 Å². The van der Waals surface area contributed by atoms with E-state index < -0.39 is 46.2 Å². The van der Waals surface area contributed by atoms with E-state index in [0.29, 0.717) is 21.0 Å². The number of nitrogens with zero attached hydrogens (tertiary/aromatic N) is 2. The van der Waals surface area contributed by atoms with E-state index >= 15 is 0 Å². The molecule has 2 aromatic rings. The first-order valence-electron chi connectivity index (χ1n) is 10.2. The lowest BCUT2D eigenvalue weighted by Gasteiger charge is -2.32. The molecule has 0 bridgehead atoms. The Morgan fingerprint density at radius 2 is 1.74 bits per heavy atom. The second-order valence-electron chi connectivity index (χ2n) is 7.50. The summed E-state index contributed by atoms with van der Waals surface area (Å²) < 4.78 is 65.0. The number of carbonyl (C=O) groups is 2. The third kappa shape index (κ3) is 7.10. The van der Waals surface area contributed by atoms with Crippen LogP contribution in [0.5, 0.6) is 0 Å². The standard InChI is InChI=1S/C22H25ClF3N3O4S/c1-4-19(21(31)27-2)28(13-15-8-10-17(23)11-9-15)20(30)14-29(34(3,32)33)18-7-5-6-16(12-18)22(24,25)26/h5-12,19H,4,13-14H2,1-3H3,(H,27,31). The summed E-state index contributed by atoms with van der Waals surface area (Å²) in [5, 5.41) is 2.94. The van der Waals surface area contributed by atoms with Gasteiger partial charge in [0.2, 0.25) is 21.8 Å². The summed E-state index contributed by atoms with van der Waals surface area (Å²) in [5.41, 5.74) is -0.740. The minimum Gasteiger partial charge on any atom is -0.357 e. The van der Waals surface area contributed by atoms with Crippen molar-refractivity contribution in [1.29, 1.82) is 0 Å². The van der Waals surface area contributed by atoms with Gasteiger partial charge in [-0.15, -0.1) is 0 Å². The van der Waals surface area contributed by atoms with E-state index in [0.717, 1.165) is 18.4 Å². The summed E-state index contributed by atoms with van der Waals surface area (Å²) in [6, 6.07) is 9.27. The lowest BCUT2D eigenvalue weighted by Crippen LogP contribution is -2.51. The smallest absolute Gasteiger partial charge is 0.357 e. The number of hydrogen-bond donors (Lipinski definition) is 1. The van der Waals surface area contributed by atoms with Crippen molar-refractivity contribution in [3.05, 3.63) is 64.7 Å². The number of halogens is 4. The number of sulfonamides is 1. The monoisotopic (exact) mass is 519 g/mol. The minimum atomic E-state index is -4.70. The van der Waals surface area contributed by atoms with Gasteiger partial charge in [0.15, 0.2) is 0 Å². The zero-order valence-electron chi connectivity index (χ0n) is 18.8. The Labute approximate surface area is 201 Å². The third-order valence-corrected chi connectivity index (χ3v) is 6.43. The summed E-state index contributed by atoms with van der Waals surface area (Å²) in [4.78, 5) is 27.0. The number of benzene rings is 2. The third-order valence-electron chi connectivity index (χ3n) is 5.04. The van der Waals surface area contributed by atoms with Crippen LogP contribution in [0.25, 0.3) is 0 Å². The van der Waals surface area contributed by atoms with E-state index in [4.69, 9.17) is 11.6 Å². The number of alkyl halides is 3. The van der Waals surface area contributed by atoms with Crippen molar-refractivity contribution in [3.63, 3.8) is 0 Å². The van der Waals surface area contributed by atoms with Gasteiger partial charge in [-0.3, -0.25) is 13.9 Å². The van der Waals surface area contributed by atoms with E-state index in [1.807, 2.05) is 0 Å². The normalized spacial score (nSPS) is 12.7. The van der Waals surface area contributed by atoms with Crippen LogP contribution in [0.1, 0.15) is 24.5 Å². The molecule has 0 aliphatic heterocycles. The van der Waals surface area contributed by atoms with Crippen molar-refractivity contribution in [2.45, 2.75) is 32.1 Å². The summed E-state index contributed by atoms with van der Waals surface area (Å²) in [5.74, 6) is -1.22. The highest BCUT2D eigenvalue weighted by Gasteiger charge is 2.34. The molecule has 2 aromatic carbocycles. The van der Waals surface area contributed by atoms with Gasteiger partial charge in [-0.2, -0.15) is 13.2 Å². The Morgan fingerprint density at radius 3 is 2.24 bits per heavy atom. The summed E-state index contributed by atoms with van der Waals surface area (Å²) in [6.45, 7) is 0.854. The molecule has 2 amide bonds. The molecule has 12 heteroatoms. The summed E-state index contributed by atoms with van der Waals surface area (Å²) in [6.07, 6.45) is -3.68. The maximum Gasteiger partial charge on any atom is 0.416 e. The number of anilines is 1. The zero-order chi connectivity index (χ0) is 25.7. The highest BCUT2D eigenvalue weighted by molar-refractivity contribution is 7.92. The second kappa shape index (κ2) is 11.1. The fourth-order valence-corrected chi connectivity index (χ4v) is 4.29. The van der Waals surface area contributed by atoms with Gasteiger partial charge < -0.3 is 10.2 Å². The highest BCUT2D eigenvalue weighted by Crippen LogP contribution is 2.32. The molecule has 0 aromatic heterocycles. The van der Waals surface area contributed by atoms with Crippen molar-refractivity contribution >= 4 is 39.1 Å². The molecule has 0 saturated heterocycles. The predicted octanol–water partition coefficient (Wildman–Crippen LogP) is 3.68. The first-order valence-corrected chi connectivity index (χ1v) is 12.4. The topological polar surface area (TPSA) is 86.8 Å². The van der Waals surface area contributed by atoms with E-state index in [9.17, 15) is 31.2 Å². The summed E-state index contributed by atoms with van der Waals surface area (Å²) in [7, 11) is -2.74. The largest absolute Gasteiger partial charge is 0.416 e. The quantitative estimate of drug-likeness (QED) is 0.547. The van der Waals surface area contributed by atoms with Gasteiger partial charge in [-0.05, 0) is 42.3 Å². The molecule has 2 rings (SSSR count). The second-order valence-corrected chi connectivity index (χ2v) is 9.85. The average molecular weight is 520 g/mol. The van der Waals surface area contributed by atoms with Crippen LogP contribution in [0.3, 0.4) is 0 Å². The molecule has 1 atom stereocenters. The lowest BCUT2D eigenvalue weighted by atomic mass is 10.1. The Hall–Kier alpha value is -2.79. The van der Waals surface area contributed by atoms with Crippen LogP contribution in [-0.4, -0.2) is 51.0 Å². The van der Waals surface area contributed by atoms with Crippen LogP contribution in [0.2, 0.25) is 5.02 Å². The van der Waals surface area contributed by atoms with Crippen LogP contribution in [0.15, 0.2) is 48.5 Å². The lowest BCUT2D eigenvalue weighted by molar-refractivity contribution is -0.140. The molecule has 7 nitrogen and oxygen atoms in total. The van der Waals surface area contributed by atoms with Crippen LogP contribution < -0.4 is 9.62 Å². The highest BCUT2D eigenvalue weighted by atomic mass is 35.5. The zero-order valence-corrected chi connectivity index (χ0v) is 20.3. The Morgan fingerprint density at radius 1 is 1.12 bits per heavy atom. The van der Waals surface area contributed by atoms with Crippen LogP contribution >= 0.6 is 11.6 Å². The molecule has 0 spiro atoms. The molecule has 0 fully saturated rings. The molecular weight excluding hydrogens is 495 g/mol. The van der Waals surface area contributed by atoms with Gasteiger partial charge >= 0.3 is 6.18 Å². The average Bonchev–Trinajstić information content (AvgIpc) is 2.77. The van der Waals surface area contributed by atoms with Crippen molar-refractivity contribution in [2.75, 3.05) is 24.2 Å². The van der Waals surface area contributed by atoms with Gasteiger partial charge in [0, 0.05) is 18.6 Å². The molecule has 0 radical (unpaired) electrons. The molecule has 34 heavy (non-hydrogen) atoms. The van der Waals surface area contributed by atoms with Gasteiger partial charge in [-0.25, -0.2) is 8.42 Å². The van der Waals surface area contributed by atoms with Crippen LogP contribution in [0.4, 0.5) is 18.9 Å². The number of nitrogens with one attached hydrogen (secondary N) is 1. The SMILES string of the molecule is CCC(C(=O)NC)N(Cc1ccc(Cl)cc1)C(=O)CN(c1cccc(C(F)(F)F)c1)S(C)(=O)=O. The number of hydrogen-bond acceptors (Lipinski definition) is 4. The number of amides is 2. The van der Waals surface area contributed by atoms with E-state index in [-0.39, 0.29) is 18.7 Å². The van der Waals surface area contributed by atoms with Gasteiger partial charge in [0.25, 0.3) is 0 Å². The Balaban J connectivity index is 2.46. The molecule has 1 unspecified atom stereocenters. The number of likely N-dealkylation sites (N-methyl/N-ethyl adjacent to an activating group) is 1. The van der Waals surface area contributed by atoms with Gasteiger partial charge in [-0.1, -0.05) is 36.7 Å². The molecule has 0 aliphatic rings. The molecule has 186 valence electrons. The van der Waals surface area contributed by atoms with E-state index in [1.54, 1.807) is 31.2 Å². The van der Waals surface area contributed by atoms with Gasteiger partial charge in [0.1, 0.15) is 12.6 Å². The summed E-state index contributed by atoms with van der Waals surface area (Å²) >= 11 is 5.91. The molecule has 0 heterocycles. The Kier molecular flexibility index (Phi) is 8.96. The fourth-order valence-electron chi connectivity index (χ4n) is 3.32. The number of rotatable bonds is 9. The Bertz CT molecular complexity index is 1120. The minimum absolute atomic E-state index is 0.0396. The first-order chi connectivity index (χ1) is 15.8. The van der Waals surface area contributed by atoms with Crippen molar-refractivity contribution < 1.29 is 31.2 Å². The maximum absolute atomic E-state index is 13.3. The molecular formula is C22H25ClF3N3O4S.